The smallest absolute Gasteiger partial charge is 0.189 e. The Labute approximate surface area is 75.2 Å². The van der Waals surface area contributed by atoms with Crippen molar-refractivity contribution in [3.63, 3.8) is 0 Å². The molecule has 0 atom stereocenters. The zero-order chi connectivity index (χ0) is 9.35. The molecule has 2 nitrogen and oxygen atoms in total. The van der Waals surface area contributed by atoms with Crippen LogP contribution in [0.25, 0.3) is 0 Å². The van der Waals surface area contributed by atoms with Gasteiger partial charge in [0.25, 0.3) is 0 Å². The summed E-state index contributed by atoms with van der Waals surface area (Å²) in [5.74, 6) is 0. The van der Waals surface area contributed by atoms with Crippen LogP contribution in [0.3, 0.4) is 0 Å². The lowest BCUT2D eigenvalue weighted by atomic mass is 10.2. The second-order valence-corrected chi connectivity index (χ2v) is 4.09. The van der Waals surface area contributed by atoms with Gasteiger partial charge in [0.15, 0.2) is 0 Å². The quantitative estimate of drug-likeness (QED) is 0.664. The van der Waals surface area contributed by atoms with Crippen LogP contribution >= 0.6 is 11.6 Å². The maximum atomic E-state index is 12.4. The maximum Gasteiger partial charge on any atom is 0.333 e. The molecule has 0 bridgehead atoms. The van der Waals surface area contributed by atoms with Crippen LogP contribution in [-0.2, 0) is 10.2 Å². The Morgan fingerprint density at radius 1 is 1.42 bits per heavy atom. The van der Waals surface area contributed by atoms with Gasteiger partial charge in [-0.25, -0.2) is 0 Å². The molecule has 0 saturated heterocycles. The third kappa shape index (κ3) is 1.95. The van der Waals surface area contributed by atoms with Gasteiger partial charge < -0.3 is 0 Å². The number of hydrogen-bond donors (Lipinski definition) is 0. The Morgan fingerprint density at radius 3 is 2.42 bits per heavy atom. The molecular formula is C7H6ClFO2S. The summed E-state index contributed by atoms with van der Waals surface area (Å²) in [6.07, 6.45) is 0. The minimum absolute atomic E-state index is 0.0944. The standard InChI is InChI=1S/C7H6ClFO2S/c1-5-2-3-6(8)7(4-5)12(9,10)11/h2-4H,1H3. The molecule has 1 aromatic carbocycles. The van der Waals surface area contributed by atoms with Gasteiger partial charge in [-0.3, -0.25) is 0 Å². The molecular weight excluding hydrogens is 203 g/mol. The highest BCUT2D eigenvalue weighted by Gasteiger charge is 2.15. The lowest BCUT2D eigenvalue weighted by Gasteiger charge is -1.99. The molecule has 0 fully saturated rings. The molecule has 66 valence electrons. The summed E-state index contributed by atoms with van der Waals surface area (Å²) in [7, 11) is -4.69. The van der Waals surface area contributed by atoms with Crippen LogP contribution in [0, 0.1) is 6.92 Å². The van der Waals surface area contributed by atoms with Crippen LogP contribution in [0.1, 0.15) is 5.56 Å². The summed E-state index contributed by atoms with van der Waals surface area (Å²) in [5, 5.41) is -0.0944. The second-order valence-electron chi connectivity index (χ2n) is 2.37. The van der Waals surface area contributed by atoms with E-state index in [4.69, 9.17) is 11.6 Å². The molecule has 0 N–H and O–H groups in total. The Bertz CT molecular complexity index is 400. The summed E-state index contributed by atoms with van der Waals surface area (Å²) >= 11 is 5.46. The molecule has 0 saturated carbocycles. The fraction of sp³-hybridized carbons (Fsp3) is 0.143. The number of aryl methyl sites for hydroxylation is 1. The third-order valence-electron chi connectivity index (χ3n) is 1.35. The Morgan fingerprint density at radius 2 is 2.00 bits per heavy atom. The number of halogens is 2. The van der Waals surface area contributed by atoms with E-state index in [2.05, 4.69) is 0 Å². The molecule has 0 radical (unpaired) electrons. The summed E-state index contributed by atoms with van der Waals surface area (Å²) in [5.41, 5.74) is 0.649. The van der Waals surface area contributed by atoms with Crippen molar-refractivity contribution in [3.05, 3.63) is 28.8 Å². The SMILES string of the molecule is Cc1ccc(Cl)c(S(=O)(=O)F)c1. The molecule has 1 aromatic rings. The molecule has 1 rings (SSSR count). The van der Waals surface area contributed by atoms with E-state index in [0.29, 0.717) is 5.56 Å². The van der Waals surface area contributed by atoms with E-state index < -0.39 is 15.1 Å². The van der Waals surface area contributed by atoms with E-state index in [1.165, 1.54) is 12.1 Å². The molecule has 0 aliphatic heterocycles. The molecule has 0 heterocycles. The Balaban J connectivity index is 3.43. The van der Waals surface area contributed by atoms with Gasteiger partial charge in [-0.05, 0) is 24.6 Å². The Hall–Kier alpha value is -0.610. The van der Waals surface area contributed by atoms with Gasteiger partial charge in [0.05, 0.1) is 5.02 Å². The fourth-order valence-corrected chi connectivity index (χ4v) is 1.82. The fourth-order valence-electron chi connectivity index (χ4n) is 0.797. The minimum atomic E-state index is -4.69. The number of rotatable bonds is 1. The number of hydrogen-bond acceptors (Lipinski definition) is 2. The van der Waals surface area contributed by atoms with Crippen LogP contribution < -0.4 is 0 Å². The molecule has 12 heavy (non-hydrogen) atoms. The predicted octanol–water partition coefficient (Wildman–Crippen LogP) is 2.31. The highest BCUT2D eigenvalue weighted by atomic mass is 35.5. The van der Waals surface area contributed by atoms with E-state index in [0.717, 1.165) is 0 Å². The van der Waals surface area contributed by atoms with Crippen molar-refractivity contribution in [2.75, 3.05) is 0 Å². The monoisotopic (exact) mass is 208 g/mol. The van der Waals surface area contributed by atoms with Crippen molar-refractivity contribution in [2.45, 2.75) is 11.8 Å². The zero-order valence-electron chi connectivity index (χ0n) is 6.21. The van der Waals surface area contributed by atoms with Gasteiger partial charge in [-0.15, -0.1) is 3.89 Å². The van der Waals surface area contributed by atoms with E-state index in [1.54, 1.807) is 13.0 Å². The summed E-state index contributed by atoms with van der Waals surface area (Å²) in [4.78, 5) is -0.468. The lowest BCUT2D eigenvalue weighted by Crippen LogP contribution is -1.93. The minimum Gasteiger partial charge on any atom is -0.189 e. The van der Waals surface area contributed by atoms with Crippen molar-refractivity contribution in [1.29, 1.82) is 0 Å². The highest BCUT2D eigenvalue weighted by Crippen LogP contribution is 2.23. The van der Waals surface area contributed by atoms with Crippen molar-refractivity contribution < 1.29 is 12.3 Å². The van der Waals surface area contributed by atoms with E-state index in [-0.39, 0.29) is 5.02 Å². The van der Waals surface area contributed by atoms with Gasteiger partial charge in [0, 0.05) is 0 Å². The molecule has 0 aliphatic rings. The second kappa shape index (κ2) is 3.03. The molecule has 5 heteroatoms. The van der Waals surface area contributed by atoms with Crippen molar-refractivity contribution in [1.82, 2.24) is 0 Å². The molecule has 0 amide bonds. The van der Waals surface area contributed by atoms with Crippen LogP contribution in [0.15, 0.2) is 23.1 Å². The molecule has 0 unspecified atom stereocenters. The summed E-state index contributed by atoms with van der Waals surface area (Å²) in [6, 6.07) is 4.15. The van der Waals surface area contributed by atoms with Gasteiger partial charge in [-0.2, -0.15) is 8.42 Å². The lowest BCUT2D eigenvalue weighted by molar-refractivity contribution is 0.552. The first-order valence-electron chi connectivity index (χ1n) is 3.12. The average molecular weight is 209 g/mol. The first-order chi connectivity index (χ1) is 5.41. The third-order valence-corrected chi connectivity index (χ3v) is 2.65. The average Bonchev–Trinajstić information content (AvgIpc) is 1.92. The maximum absolute atomic E-state index is 12.4. The van der Waals surface area contributed by atoms with E-state index in [1.807, 2.05) is 0 Å². The van der Waals surface area contributed by atoms with Crippen molar-refractivity contribution in [2.24, 2.45) is 0 Å². The van der Waals surface area contributed by atoms with Crippen molar-refractivity contribution >= 4 is 21.8 Å². The van der Waals surface area contributed by atoms with Crippen LogP contribution in [0.5, 0.6) is 0 Å². The molecule has 0 aliphatic carbocycles. The summed E-state index contributed by atoms with van der Waals surface area (Å²) in [6.45, 7) is 1.66. The van der Waals surface area contributed by atoms with Crippen molar-refractivity contribution in [3.8, 4) is 0 Å². The largest absolute Gasteiger partial charge is 0.333 e. The summed E-state index contributed by atoms with van der Waals surface area (Å²) < 4.78 is 33.4. The van der Waals surface area contributed by atoms with E-state index in [9.17, 15) is 12.3 Å². The van der Waals surface area contributed by atoms with Gasteiger partial charge in [0.2, 0.25) is 0 Å². The predicted molar refractivity (Wildman–Crippen MR) is 44.5 cm³/mol. The van der Waals surface area contributed by atoms with Gasteiger partial charge in [-0.1, -0.05) is 17.7 Å². The van der Waals surface area contributed by atoms with Gasteiger partial charge >= 0.3 is 10.2 Å². The Kier molecular flexibility index (Phi) is 2.39. The highest BCUT2D eigenvalue weighted by molar-refractivity contribution is 7.86. The van der Waals surface area contributed by atoms with Crippen LogP contribution in [0.2, 0.25) is 5.02 Å². The molecule has 0 aromatic heterocycles. The number of benzene rings is 1. The topological polar surface area (TPSA) is 34.1 Å². The van der Waals surface area contributed by atoms with E-state index >= 15 is 0 Å². The molecule has 0 spiro atoms. The van der Waals surface area contributed by atoms with Crippen LogP contribution in [0.4, 0.5) is 3.89 Å². The zero-order valence-corrected chi connectivity index (χ0v) is 7.79. The van der Waals surface area contributed by atoms with Crippen LogP contribution in [-0.4, -0.2) is 8.42 Å². The first kappa shape index (κ1) is 9.48. The normalized spacial score (nSPS) is 11.6. The first-order valence-corrected chi connectivity index (χ1v) is 4.88. The van der Waals surface area contributed by atoms with Gasteiger partial charge in [0.1, 0.15) is 4.90 Å².